The summed E-state index contributed by atoms with van der Waals surface area (Å²) in [6.45, 7) is 4.98. The van der Waals surface area contributed by atoms with Crippen LogP contribution in [-0.2, 0) is 9.59 Å². The molecule has 2 rings (SSSR count). The molecule has 31 heavy (non-hydrogen) atoms. The molecule has 0 aliphatic heterocycles. The van der Waals surface area contributed by atoms with Gasteiger partial charge in [0.1, 0.15) is 6.04 Å². The SMILES string of the molecule is CC(C)C(=O)Nc1ccc([N+](=O)[O-])cc1.CC(N)C(=O)O.Nc1ccc([N+](=O)[O-])cc1. The van der Waals surface area contributed by atoms with Crippen molar-refractivity contribution in [2.75, 3.05) is 11.1 Å². The molecule has 0 aromatic heterocycles. The van der Waals surface area contributed by atoms with Gasteiger partial charge in [0.25, 0.3) is 11.4 Å². The van der Waals surface area contributed by atoms with E-state index in [4.69, 9.17) is 16.6 Å². The minimum Gasteiger partial charge on any atom is -0.480 e. The fourth-order valence-corrected chi connectivity index (χ4v) is 1.55. The number of nitrogen functional groups attached to an aromatic ring is 1. The van der Waals surface area contributed by atoms with E-state index in [1.54, 1.807) is 13.8 Å². The number of aliphatic carboxylic acids is 1. The number of amides is 1. The number of benzene rings is 2. The number of nitro groups is 2. The fourth-order valence-electron chi connectivity index (χ4n) is 1.55. The number of hydrogen-bond donors (Lipinski definition) is 4. The summed E-state index contributed by atoms with van der Waals surface area (Å²) >= 11 is 0. The van der Waals surface area contributed by atoms with Gasteiger partial charge in [0, 0.05) is 41.6 Å². The Morgan fingerprint density at radius 1 is 0.903 bits per heavy atom. The van der Waals surface area contributed by atoms with E-state index in [2.05, 4.69) is 5.32 Å². The number of carbonyl (C=O) groups is 2. The fraction of sp³-hybridized carbons (Fsp3) is 0.263. The topological polar surface area (TPSA) is 205 Å². The van der Waals surface area contributed by atoms with E-state index in [9.17, 15) is 29.8 Å². The van der Waals surface area contributed by atoms with Crippen LogP contribution in [0.5, 0.6) is 0 Å². The molecule has 0 spiro atoms. The molecule has 0 aliphatic rings. The van der Waals surface area contributed by atoms with Crippen molar-refractivity contribution in [1.82, 2.24) is 0 Å². The minimum atomic E-state index is -0.963. The molecule has 1 atom stereocenters. The molecule has 12 heteroatoms. The molecular formula is C19H25N5O7. The average Bonchev–Trinajstić information content (AvgIpc) is 2.69. The first-order valence-electron chi connectivity index (χ1n) is 8.88. The molecule has 0 bridgehead atoms. The summed E-state index contributed by atoms with van der Waals surface area (Å²) in [7, 11) is 0. The van der Waals surface area contributed by atoms with Gasteiger partial charge in [-0.05, 0) is 31.2 Å². The molecule has 0 saturated carbocycles. The highest BCUT2D eigenvalue weighted by Gasteiger charge is 2.08. The van der Waals surface area contributed by atoms with Crippen molar-refractivity contribution in [3.05, 3.63) is 68.8 Å². The third kappa shape index (κ3) is 11.5. The summed E-state index contributed by atoms with van der Waals surface area (Å²) < 4.78 is 0. The van der Waals surface area contributed by atoms with Crippen LogP contribution in [0.4, 0.5) is 22.7 Å². The van der Waals surface area contributed by atoms with Crippen LogP contribution in [0.25, 0.3) is 0 Å². The van der Waals surface area contributed by atoms with Crippen LogP contribution in [0.15, 0.2) is 48.5 Å². The van der Waals surface area contributed by atoms with E-state index in [0.29, 0.717) is 11.4 Å². The van der Waals surface area contributed by atoms with Gasteiger partial charge in [-0.25, -0.2) is 0 Å². The predicted octanol–water partition coefficient (Wildman–Crippen LogP) is 2.78. The zero-order valence-corrected chi connectivity index (χ0v) is 17.2. The number of carboxylic acids is 1. The highest BCUT2D eigenvalue weighted by atomic mass is 16.6. The van der Waals surface area contributed by atoms with Crippen LogP contribution in [0.3, 0.4) is 0 Å². The summed E-state index contributed by atoms with van der Waals surface area (Å²) in [5.74, 6) is -1.18. The van der Waals surface area contributed by atoms with E-state index < -0.39 is 21.9 Å². The Morgan fingerprint density at radius 3 is 1.55 bits per heavy atom. The highest BCUT2D eigenvalue weighted by molar-refractivity contribution is 5.92. The van der Waals surface area contributed by atoms with E-state index in [0.717, 1.165) is 0 Å². The minimum absolute atomic E-state index is 0.0116. The van der Waals surface area contributed by atoms with Crippen molar-refractivity contribution in [2.45, 2.75) is 26.8 Å². The molecule has 0 saturated heterocycles. The summed E-state index contributed by atoms with van der Waals surface area (Å²) in [6, 6.07) is 10.7. The number of nitrogens with one attached hydrogen (secondary N) is 1. The van der Waals surface area contributed by atoms with Crippen LogP contribution in [0.1, 0.15) is 20.8 Å². The van der Waals surface area contributed by atoms with Gasteiger partial charge in [-0.2, -0.15) is 0 Å². The maximum atomic E-state index is 11.3. The molecule has 168 valence electrons. The number of rotatable bonds is 5. The lowest BCUT2D eigenvalue weighted by Crippen LogP contribution is -2.25. The molecule has 1 amide bonds. The smallest absolute Gasteiger partial charge is 0.320 e. The third-order valence-electron chi connectivity index (χ3n) is 3.36. The highest BCUT2D eigenvalue weighted by Crippen LogP contribution is 2.16. The van der Waals surface area contributed by atoms with E-state index in [-0.39, 0.29) is 23.2 Å². The Morgan fingerprint density at radius 2 is 1.26 bits per heavy atom. The van der Waals surface area contributed by atoms with Gasteiger partial charge in [0.15, 0.2) is 0 Å². The van der Waals surface area contributed by atoms with Gasteiger partial charge in [0.05, 0.1) is 9.85 Å². The number of non-ortho nitro benzene ring substituents is 2. The average molecular weight is 435 g/mol. The molecule has 0 aliphatic carbocycles. The van der Waals surface area contributed by atoms with Gasteiger partial charge in [0.2, 0.25) is 5.91 Å². The second kappa shape index (κ2) is 13.2. The van der Waals surface area contributed by atoms with Crippen LogP contribution < -0.4 is 16.8 Å². The van der Waals surface area contributed by atoms with Crippen molar-refractivity contribution < 1.29 is 24.5 Å². The molecule has 2 aromatic carbocycles. The first kappa shape index (κ1) is 26.9. The Hall–Kier alpha value is -4.06. The van der Waals surface area contributed by atoms with Crippen LogP contribution >= 0.6 is 0 Å². The maximum Gasteiger partial charge on any atom is 0.320 e. The van der Waals surface area contributed by atoms with E-state index >= 15 is 0 Å². The lowest BCUT2D eigenvalue weighted by molar-refractivity contribution is -0.385. The second-order valence-electron chi connectivity index (χ2n) is 6.42. The Balaban J connectivity index is 0.000000484. The summed E-state index contributed by atoms with van der Waals surface area (Å²) in [5, 5.41) is 30.9. The molecule has 0 heterocycles. The first-order chi connectivity index (χ1) is 14.3. The largest absolute Gasteiger partial charge is 0.480 e. The molecule has 2 aromatic rings. The Kier molecular flexibility index (Phi) is 11.5. The molecule has 6 N–H and O–H groups in total. The normalized spacial score (nSPS) is 10.5. The quantitative estimate of drug-likeness (QED) is 0.309. The molecule has 0 radical (unpaired) electrons. The number of carboxylic acid groups (broad SMARTS) is 1. The van der Waals surface area contributed by atoms with Crippen LogP contribution in [-0.4, -0.2) is 32.9 Å². The lowest BCUT2D eigenvalue weighted by Gasteiger charge is -2.06. The number of nitro benzene ring substituents is 2. The van der Waals surface area contributed by atoms with Crippen molar-refractivity contribution in [3.8, 4) is 0 Å². The third-order valence-corrected chi connectivity index (χ3v) is 3.36. The number of nitrogens with zero attached hydrogens (tertiary/aromatic N) is 2. The second-order valence-corrected chi connectivity index (χ2v) is 6.42. The summed E-state index contributed by atoms with van der Waals surface area (Å²) in [5.41, 5.74) is 11.3. The Labute approximate surface area is 178 Å². The van der Waals surface area contributed by atoms with Crippen LogP contribution in [0.2, 0.25) is 0 Å². The van der Waals surface area contributed by atoms with E-state index in [1.165, 1.54) is 55.5 Å². The van der Waals surface area contributed by atoms with Gasteiger partial charge in [-0.3, -0.25) is 29.8 Å². The zero-order chi connectivity index (χ0) is 24.1. The maximum absolute atomic E-state index is 11.3. The monoisotopic (exact) mass is 435 g/mol. The van der Waals surface area contributed by atoms with Crippen molar-refractivity contribution in [3.63, 3.8) is 0 Å². The number of nitrogens with two attached hydrogens (primary N) is 2. The first-order valence-corrected chi connectivity index (χ1v) is 8.88. The molecule has 1 unspecified atom stereocenters. The van der Waals surface area contributed by atoms with Gasteiger partial charge >= 0.3 is 5.97 Å². The summed E-state index contributed by atoms with van der Waals surface area (Å²) in [6.07, 6.45) is 0. The summed E-state index contributed by atoms with van der Waals surface area (Å²) in [4.78, 5) is 40.4. The van der Waals surface area contributed by atoms with Crippen molar-refractivity contribution in [1.29, 1.82) is 0 Å². The number of hydrogen-bond acceptors (Lipinski definition) is 8. The van der Waals surface area contributed by atoms with Gasteiger partial charge in [-0.15, -0.1) is 0 Å². The molecule has 12 nitrogen and oxygen atoms in total. The standard InChI is InChI=1S/C10H12N2O3.C6H6N2O2.C3H7NO2/c1-7(2)10(13)11-8-3-5-9(6-4-8)12(14)15;7-5-1-3-6(4-2-5)8(9)10;1-2(4)3(5)6/h3-7H,1-2H3,(H,11,13);1-4H,7H2;2H,4H2,1H3,(H,5,6). The molecule has 0 fully saturated rings. The van der Waals surface area contributed by atoms with Gasteiger partial charge in [-0.1, -0.05) is 13.8 Å². The van der Waals surface area contributed by atoms with Crippen LogP contribution in [0, 0.1) is 26.1 Å². The number of anilines is 2. The van der Waals surface area contributed by atoms with Crippen molar-refractivity contribution in [2.24, 2.45) is 11.7 Å². The predicted molar refractivity (Wildman–Crippen MR) is 115 cm³/mol. The van der Waals surface area contributed by atoms with E-state index in [1.807, 2.05) is 0 Å². The van der Waals surface area contributed by atoms with Gasteiger partial charge < -0.3 is 21.9 Å². The lowest BCUT2D eigenvalue weighted by atomic mass is 10.2. The zero-order valence-electron chi connectivity index (χ0n) is 17.2. The molecular weight excluding hydrogens is 410 g/mol. The number of carbonyl (C=O) groups excluding carboxylic acids is 1. The van der Waals surface area contributed by atoms with Crippen molar-refractivity contribution >= 4 is 34.6 Å². The Bertz CT molecular complexity index is 882.